The Morgan fingerprint density at radius 3 is 2.52 bits per heavy atom. The van der Waals surface area contributed by atoms with Crippen molar-refractivity contribution in [2.75, 3.05) is 17.2 Å². The topological polar surface area (TPSA) is 80.6 Å². The minimum Gasteiger partial charge on any atom is -0.370 e. The van der Waals surface area contributed by atoms with E-state index >= 15 is 0 Å². The molecule has 0 fully saturated rings. The van der Waals surface area contributed by atoms with Gasteiger partial charge in [-0.05, 0) is 19.8 Å². The molecule has 7 nitrogen and oxygen atoms in total. The Bertz CT molecular complexity index is 564. The fourth-order valence-corrected chi connectivity index (χ4v) is 2.14. The quantitative estimate of drug-likeness (QED) is 0.774. The van der Waals surface area contributed by atoms with Gasteiger partial charge in [-0.1, -0.05) is 13.8 Å². The van der Waals surface area contributed by atoms with Gasteiger partial charge in [0.15, 0.2) is 5.82 Å². The summed E-state index contributed by atoms with van der Waals surface area (Å²) < 4.78 is 2.01. The molecule has 2 heterocycles. The van der Waals surface area contributed by atoms with Crippen LogP contribution in [0.3, 0.4) is 0 Å². The van der Waals surface area contributed by atoms with Gasteiger partial charge in [0.25, 0.3) is 0 Å². The van der Waals surface area contributed by atoms with Crippen LogP contribution < -0.4 is 10.6 Å². The average Bonchev–Trinajstić information content (AvgIpc) is 2.98. The first-order chi connectivity index (χ1) is 10.3. The number of nitrogens with one attached hydrogen (secondary N) is 2. The number of hydrogen-bond acceptors (Lipinski definition) is 6. The van der Waals surface area contributed by atoms with Gasteiger partial charge in [0.05, 0.1) is 6.54 Å². The lowest BCUT2D eigenvalue weighted by Gasteiger charge is -2.14. The fourth-order valence-electron chi connectivity index (χ4n) is 2.14. The third-order valence-electron chi connectivity index (χ3n) is 3.29. The molecule has 114 valence electrons. The van der Waals surface area contributed by atoms with Gasteiger partial charge in [0.2, 0.25) is 0 Å². The molecular formula is C14H23N7. The van der Waals surface area contributed by atoms with Crippen molar-refractivity contribution in [3.8, 4) is 0 Å². The van der Waals surface area contributed by atoms with Crippen molar-refractivity contribution in [2.45, 2.75) is 46.7 Å². The van der Waals surface area contributed by atoms with Crippen LogP contribution in [0.1, 0.15) is 38.6 Å². The van der Waals surface area contributed by atoms with Crippen LogP contribution in [0, 0.1) is 0 Å². The molecule has 0 spiro atoms. The van der Waals surface area contributed by atoms with Crippen LogP contribution in [0.5, 0.6) is 0 Å². The molecule has 2 aromatic rings. The third-order valence-corrected chi connectivity index (χ3v) is 3.29. The first-order valence-electron chi connectivity index (χ1n) is 7.48. The Morgan fingerprint density at radius 2 is 1.86 bits per heavy atom. The van der Waals surface area contributed by atoms with Crippen molar-refractivity contribution < 1.29 is 0 Å². The van der Waals surface area contributed by atoms with E-state index in [-0.39, 0.29) is 0 Å². The van der Waals surface area contributed by atoms with Gasteiger partial charge in [-0.2, -0.15) is 0 Å². The van der Waals surface area contributed by atoms with Crippen LogP contribution in [0.15, 0.2) is 12.7 Å². The summed E-state index contributed by atoms with van der Waals surface area (Å²) in [5.74, 6) is 2.67. The second-order valence-corrected chi connectivity index (χ2v) is 4.72. The smallest absolute Gasteiger partial charge is 0.152 e. The summed E-state index contributed by atoms with van der Waals surface area (Å²) in [4.78, 5) is 8.68. The average molecular weight is 289 g/mol. The van der Waals surface area contributed by atoms with Crippen molar-refractivity contribution in [1.29, 1.82) is 0 Å². The van der Waals surface area contributed by atoms with Gasteiger partial charge in [-0.25, -0.2) is 9.97 Å². The maximum Gasteiger partial charge on any atom is 0.152 e. The molecule has 0 aliphatic carbocycles. The number of nitrogens with zero attached hydrogens (tertiary/aromatic N) is 5. The van der Waals surface area contributed by atoms with Gasteiger partial charge in [0.1, 0.15) is 24.3 Å². The van der Waals surface area contributed by atoms with Crippen molar-refractivity contribution in [3.63, 3.8) is 0 Å². The monoisotopic (exact) mass is 289 g/mol. The van der Waals surface area contributed by atoms with Gasteiger partial charge >= 0.3 is 0 Å². The fraction of sp³-hybridized carbons (Fsp3) is 0.571. The van der Waals surface area contributed by atoms with Gasteiger partial charge in [-0.3, -0.25) is 0 Å². The molecular weight excluding hydrogens is 266 g/mol. The molecule has 0 unspecified atom stereocenters. The highest BCUT2D eigenvalue weighted by atomic mass is 15.3. The maximum atomic E-state index is 4.35. The zero-order valence-electron chi connectivity index (χ0n) is 12.9. The molecule has 0 atom stereocenters. The van der Waals surface area contributed by atoms with Crippen LogP contribution in [0.25, 0.3) is 0 Å². The summed E-state index contributed by atoms with van der Waals surface area (Å²) in [6, 6.07) is 0. The Balaban J connectivity index is 2.12. The molecule has 7 heteroatoms. The van der Waals surface area contributed by atoms with E-state index < -0.39 is 0 Å². The largest absolute Gasteiger partial charge is 0.370 e. The van der Waals surface area contributed by atoms with E-state index in [0.717, 1.165) is 49.0 Å². The number of anilines is 2. The highest BCUT2D eigenvalue weighted by Gasteiger charge is 2.10. The predicted molar refractivity (Wildman–Crippen MR) is 83.2 cm³/mol. The molecule has 21 heavy (non-hydrogen) atoms. The molecule has 2 rings (SSSR count). The molecule has 2 aromatic heterocycles. The first kappa shape index (κ1) is 15.2. The normalized spacial score (nSPS) is 10.6. The van der Waals surface area contributed by atoms with Crippen LogP contribution in [-0.2, 0) is 19.5 Å². The van der Waals surface area contributed by atoms with E-state index in [4.69, 9.17) is 0 Å². The molecule has 0 aliphatic rings. The van der Waals surface area contributed by atoms with Crippen LogP contribution in [0.4, 0.5) is 11.6 Å². The zero-order chi connectivity index (χ0) is 15.1. The first-order valence-corrected chi connectivity index (χ1v) is 7.48. The number of rotatable bonds is 8. The zero-order valence-corrected chi connectivity index (χ0v) is 12.9. The summed E-state index contributed by atoms with van der Waals surface area (Å²) in [7, 11) is 0. The molecule has 0 amide bonds. The molecule has 0 aliphatic heterocycles. The Kier molecular flexibility index (Phi) is 5.48. The standard InChI is InChI=1S/C14H23N7/c1-4-7-15-13-11(5-2)14(18-9-17-13)16-8-12-20-19-10-21(12)6-3/h9-10H,4-8H2,1-3H3,(H2,15,16,17,18). The second-order valence-electron chi connectivity index (χ2n) is 4.72. The molecule has 0 saturated carbocycles. The minimum atomic E-state index is 0.602. The van der Waals surface area contributed by atoms with Crippen LogP contribution in [0.2, 0.25) is 0 Å². The summed E-state index contributed by atoms with van der Waals surface area (Å²) in [6.45, 7) is 8.68. The van der Waals surface area contributed by atoms with Crippen molar-refractivity contribution in [3.05, 3.63) is 24.0 Å². The van der Waals surface area contributed by atoms with Crippen molar-refractivity contribution in [1.82, 2.24) is 24.7 Å². The molecule has 2 N–H and O–H groups in total. The van der Waals surface area contributed by atoms with E-state index in [1.165, 1.54) is 0 Å². The third kappa shape index (κ3) is 3.68. The van der Waals surface area contributed by atoms with E-state index in [9.17, 15) is 0 Å². The van der Waals surface area contributed by atoms with Gasteiger partial charge in [-0.15, -0.1) is 10.2 Å². The van der Waals surface area contributed by atoms with E-state index in [2.05, 4.69) is 51.6 Å². The molecule has 0 radical (unpaired) electrons. The van der Waals surface area contributed by atoms with Crippen molar-refractivity contribution >= 4 is 11.6 Å². The summed E-state index contributed by atoms with van der Waals surface area (Å²) in [6.07, 6.45) is 5.27. The summed E-state index contributed by atoms with van der Waals surface area (Å²) >= 11 is 0. The highest BCUT2D eigenvalue weighted by molar-refractivity contribution is 5.57. The summed E-state index contributed by atoms with van der Waals surface area (Å²) in [5.41, 5.74) is 1.11. The van der Waals surface area contributed by atoms with E-state index in [0.29, 0.717) is 6.54 Å². The van der Waals surface area contributed by atoms with Crippen LogP contribution >= 0.6 is 0 Å². The Labute approximate surface area is 125 Å². The second kappa shape index (κ2) is 7.56. The molecule has 0 bridgehead atoms. The van der Waals surface area contributed by atoms with Gasteiger partial charge in [0, 0.05) is 18.7 Å². The lowest BCUT2D eigenvalue weighted by atomic mass is 10.2. The maximum absolute atomic E-state index is 4.35. The highest BCUT2D eigenvalue weighted by Crippen LogP contribution is 2.20. The predicted octanol–water partition coefficient (Wildman–Crippen LogP) is 2.08. The Morgan fingerprint density at radius 1 is 1.10 bits per heavy atom. The molecule has 0 aromatic carbocycles. The number of aromatic nitrogens is 5. The number of hydrogen-bond donors (Lipinski definition) is 2. The van der Waals surface area contributed by atoms with E-state index in [1.807, 2.05) is 4.57 Å². The van der Waals surface area contributed by atoms with Crippen LogP contribution in [-0.4, -0.2) is 31.3 Å². The van der Waals surface area contributed by atoms with Crippen molar-refractivity contribution in [2.24, 2.45) is 0 Å². The lowest BCUT2D eigenvalue weighted by molar-refractivity contribution is 0.707. The summed E-state index contributed by atoms with van der Waals surface area (Å²) in [5, 5.41) is 14.7. The number of aryl methyl sites for hydroxylation is 1. The van der Waals surface area contributed by atoms with Gasteiger partial charge < -0.3 is 15.2 Å². The minimum absolute atomic E-state index is 0.602. The Hall–Kier alpha value is -2.18. The lowest BCUT2D eigenvalue weighted by Crippen LogP contribution is -2.12. The van der Waals surface area contributed by atoms with E-state index in [1.54, 1.807) is 12.7 Å². The molecule has 0 saturated heterocycles. The SMILES string of the molecule is CCCNc1ncnc(NCc2nncn2CC)c1CC.